The van der Waals surface area contributed by atoms with E-state index in [-0.39, 0.29) is 30.0 Å². The van der Waals surface area contributed by atoms with Gasteiger partial charge in [0.1, 0.15) is 0 Å². The third kappa shape index (κ3) is 8.46. The number of nitrogens with one attached hydrogen (secondary N) is 2. The predicted octanol–water partition coefficient (Wildman–Crippen LogP) is 3.65. The minimum Gasteiger partial charge on any atom is -0.357 e. The number of alkyl halides is 3. The largest absolute Gasteiger partial charge is 0.401 e. The van der Waals surface area contributed by atoms with Crippen LogP contribution in [0.2, 0.25) is 5.02 Å². The van der Waals surface area contributed by atoms with E-state index >= 15 is 0 Å². The Bertz CT molecular complexity index is 569. The monoisotopic (exact) mass is 490 g/mol. The van der Waals surface area contributed by atoms with Gasteiger partial charge in [0.2, 0.25) is 0 Å². The van der Waals surface area contributed by atoms with Crippen molar-refractivity contribution in [2.75, 3.05) is 26.2 Å². The lowest BCUT2D eigenvalue weighted by Gasteiger charge is -2.19. The van der Waals surface area contributed by atoms with Gasteiger partial charge < -0.3 is 10.6 Å². The molecule has 0 aromatic heterocycles. The number of aliphatic imine (C=N–C) groups is 1. The zero-order valence-corrected chi connectivity index (χ0v) is 17.0. The highest BCUT2D eigenvalue weighted by Gasteiger charge is 2.34. The van der Waals surface area contributed by atoms with Crippen molar-refractivity contribution < 1.29 is 13.2 Å². The molecule has 4 nitrogen and oxygen atoms in total. The summed E-state index contributed by atoms with van der Waals surface area (Å²) in [5, 5.41) is 6.99. The molecule has 0 aliphatic carbocycles. The first-order valence-corrected chi connectivity index (χ1v) is 8.32. The highest BCUT2D eigenvalue weighted by molar-refractivity contribution is 14.0. The van der Waals surface area contributed by atoms with Gasteiger partial charge in [-0.05, 0) is 31.0 Å². The normalized spacial score (nSPS) is 18.8. The van der Waals surface area contributed by atoms with Gasteiger partial charge in [-0.2, -0.15) is 13.2 Å². The van der Waals surface area contributed by atoms with E-state index < -0.39 is 12.7 Å². The Balaban J connectivity index is 0.00000312. The molecular weight excluding hydrogens is 468 g/mol. The molecule has 1 saturated heterocycles. The average molecular weight is 491 g/mol. The summed E-state index contributed by atoms with van der Waals surface area (Å²) in [7, 11) is 0. The number of rotatable bonds is 5. The lowest BCUT2D eigenvalue weighted by Crippen LogP contribution is -2.45. The Morgan fingerprint density at radius 3 is 2.80 bits per heavy atom. The molecule has 1 aliphatic heterocycles. The van der Waals surface area contributed by atoms with E-state index in [1.54, 1.807) is 6.07 Å². The van der Waals surface area contributed by atoms with Crippen molar-refractivity contribution in [3.63, 3.8) is 0 Å². The van der Waals surface area contributed by atoms with Crippen LogP contribution in [0.25, 0.3) is 0 Å². The Hall–Kier alpha value is -0.740. The molecule has 1 atom stereocenters. The maximum atomic E-state index is 12.4. The van der Waals surface area contributed by atoms with Crippen LogP contribution in [0.1, 0.15) is 18.9 Å². The standard InChI is InChI=1S/C16H22ClF3N4.HI/c1-2-21-15(22-9-12-4-3-5-13(17)8-12)23-14-6-7-24(10-14)11-16(18,19)20;/h3-5,8,14H,2,6-7,9-11H2,1H3,(H2,21,22,23);1H. The number of nitrogens with zero attached hydrogens (tertiary/aromatic N) is 2. The zero-order valence-electron chi connectivity index (χ0n) is 13.9. The second-order valence-electron chi connectivity index (χ2n) is 5.81. The van der Waals surface area contributed by atoms with Gasteiger partial charge in [-0.15, -0.1) is 24.0 Å². The van der Waals surface area contributed by atoms with Crippen molar-refractivity contribution in [3.05, 3.63) is 34.9 Å². The van der Waals surface area contributed by atoms with Crippen LogP contribution < -0.4 is 10.6 Å². The summed E-state index contributed by atoms with van der Waals surface area (Å²) in [6.45, 7) is 3.02. The molecule has 1 aliphatic rings. The van der Waals surface area contributed by atoms with Crippen LogP contribution >= 0.6 is 35.6 Å². The maximum absolute atomic E-state index is 12.4. The van der Waals surface area contributed by atoms with E-state index in [2.05, 4.69) is 15.6 Å². The molecule has 1 heterocycles. The molecule has 0 amide bonds. The molecule has 1 aromatic rings. The van der Waals surface area contributed by atoms with Crippen molar-refractivity contribution in [2.24, 2.45) is 4.99 Å². The summed E-state index contributed by atoms with van der Waals surface area (Å²) in [5.74, 6) is 0.608. The summed E-state index contributed by atoms with van der Waals surface area (Å²) >= 11 is 5.95. The van der Waals surface area contributed by atoms with Gasteiger partial charge in [-0.3, -0.25) is 4.90 Å². The lowest BCUT2D eigenvalue weighted by molar-refractivity contribution is -0.143. The molecular formula is C16H23ClF3IN4. The number of guanidine groups is 1. The molecule has 1 fully saturated rings. The minimum absolute atomic E-state index is 0. The van der Waals surface area contributed by atoms with Crippen molar-refractivity contribution >= 4 is 41.5 Å². The topological polar surface area (TPSA) is 39.7 Å². The van der Waals surface area contributed by atoms with Crippen LogP contribution in [-0.2, 0) is 6.54 Å². The Labute approximate surface area is 168 Å². The van der Waals surface area contributed by atoms with Crippen molar-refractivity contribution in [1.29, 1.82) is 0 Å². The van der Waals surface area contributed by atoms with Crippen molar-refractivity contribution in [2.45, 2.75) is 32.1 Å². The van der Waals surface area contributed by atoms with Gasteiger partial charge >= 0.3 is 6.18 Å². The van der Waals surface area contributed by atoms with Crippen LogP contribution in [0.3, 0.4) is 0 Å². The van der Waals surface area contributed by atoms with E-state index in [0.29, 0.717) is 43.6 Å². The van der Waals surface area contributed by atoms with Gasteiger partial charge in [0.25, 0.3) is 0 Å². The summed E-state index contributed by atoms with van der Waals surface area (Å²) in [6.07, 6.45) is -3.49. The van der Waals surface area contributed by atoms with Crippen LogP contribution in [0.5, 0.6) is 0 Å². The number of likely N-dealkylation sites (tertiary alicyclic amines) is 1. The van der Waals surface area contributed by atoms with Crippen LogP contribution in [0, 0.1) is 0 Å². The minimum atomic E-state index is -4.15. The summed E-state index contributed by atoms with van der Waals surface area (Å²) < 4.78 is 37.3. The fourth-order valence-electron chi connectivity index (χ4n) is 2.67. The molecule has 0 saturated carbocycles. The molecule has 2 N–H and O–H groups in total. The SMILES string of the molecule is CCNC(=NCc1cccc(Cl)c1)NC1CCN(CC(F)(F)F)C1.I. The maximum Gasteiger partial charge on any atom is 0.401 e. The molecule has 142 valence electrons. The van der Waals surface area contributed by atoms with Gasteiger partial charge in [0.15, 0.2) is 5.96 Å². The molecule has 0 bridgehead atoms. The summed E-state index contributed by atoms with van der Waals surface area (Å²) in [6, 6.07) is 7.39. The Morgan fingerprint density at radius 2 is 2.16 bits per heavy atom. The van der Waals surface area contributed by atoms with E-state index in [0.717, 1.165) is 5.56 Å². The van der Waals surface area contributed by atoms with E-state index in [4.69, 9.17) is 11.6 Å². The molecule has 25 heavy (non-hydrogen) atoms. The van der Waals surface area contributed by atoms with Crippen molar-refractivity contribution in [1.82, 2.24) is 15.5 Å². The third-order valence-corrected chi connectivity index (χ3v) is 3.90. The molecule has 0 radical (unpaired) electrons. The average Bonchev–Trinajstić information content (AvgIpc) is 2.90. The number of halogens is 5. The smallest absolute Gasteiger partial charge is 0.357 e. The Morgan fingerprint density at radius 1 is 1.40 bits per heavy atom. The van der Waals surface area contributed by atoms with Gasteiger partial charge in [0, 0.05) is 30.7 Å². The molecule has 0 spiro atoms. The highest BCUT2D eigenvalue weighted by Crippen LogP contribution is 2.20. The fourth-order valence-corrected chi connectivity index (χ4v) is 2.88. The quantitative estimate of drug-likeness (QED) is 0.376. The third-order valence-electron chi connectivity index (χ3n) is 3.67. The highest BCUT2D eigenvalue weighted by atomic mass is 127. The second kappa shape index (κ2) is 10.4. The van der Waals surface area contributed by atoms with E-state index in [9.17, 15) is 13.2 Å². The van der Waals surface area contributed by atoms with Gasteiger partial charge in [-0.1, -0.05) is 23.7 Å². The molecule has 1 aromatic carbocycles. The van der Waals surface area contributed by atoms with E-state index in [1.807, 2.05) is 25.1 Å². The zero-order chi connectivity index (χ0) is 17.6. The second-order valence-corrected chi connectivity index (χ2v) is 6.24. The first kappa shape index (κ1) is 22.3. The molecule has 1 unspecified atom stereocenters. The van der Waals surface area contributed by atoms with Gasteiger partial charge in [-0.25, -0.2) is 4.99 Å². The van der Waals surface area contributed by atoms with Crippen molar-refractivity contribution in [3.8, 4) is 0 Å². The lowest BCUT2D eigenvalue weighted by atomic mass is 10.2. The first-order valence-electron chi connectivity index (χ1n) is 7.94. The molecule has 2 rings (SSSR count). The number of hydrogen-bond donors (Lipinski definition) is 2. The van der Waals surface area contributed by atoms with Crippen LogP contribution in [0.4, 0.5) is 13.2 Å². The summed E-state index contributed by atoms with van der Waals surface area (Å²) in [5.41, 5.74) is 0.977. The number of hydrogen-bond acceptors (Lipinski definition) is 2. The predicted molar refractivity (Wildman–Crippen MR) is 106 cm³/mol. The molecule has 9 heteroatoms. The number of benzene rings is 1. The first-order chi connectivity index (χ1) is 11.4. The fraction of sp³-hybridized carbons (Fsp3) is 0.562. The summed E-state index contributed by atoms with van der Waals surface area (Å²) in [4.78, 5) is 5.90. The van der Waals surface area contributed by atoms with Crippen LogP contribution in [0.15, 0.2) is 29.3 Å². The van der Waals surface area contributed by atoms with Crippen LogP contribution in [-0.4, -0.2) is 49.3 Å². The van der Waals surface area contributed by atoms with Gasteiger partial charge in [0.05, 0.1) is 13.1 Å². The van der Waals surface area contributed by atoms with E-state index in [1.165, 1.54) is 4.90 Å². The Kier molecular flexibility index (Phi) is 9.29.